The molecule has 76 valence electrons. The molecule has 1 aliphatic rings. The Bertz CT molecular complexity index is 158. The van der Waals surface area contributed by atoms with Crippen LogP contribution >= 0.6 is 0 Å². The molecule has 0 aromatic carbocycles. The molecule has 1 rings (SSSR count). The van der Waals surface area contributed by atoms with Crippen molar-refractivity contribution in [2.45, 2.75) is 52.6 Å². The highest BCUT2D eigenvalue weighted by molar-refractivity contribution is 6.30. The lowest BCUT2D eigenvalue weighted by Gasteiger charge is -2.34. The largest absolute Gasteiger partial charge is 0.306 e. The number of hydrogen-bond donors (Lipinski definition) is 0. The molecule has 1 fully saturated rings. The summed E-state index contributed by atoms with van der Waals surface area (Å²) in [6, 6.07) is 0. The Balaban J connectivity index is 2.55. The van der Waals surface area contributed by atoms with Gasteiger partial charge in [0.05, 0.1) is 0 Å². The topological polar surface area (TPSA) is 6.48 Å². The summed E-state index contributed by atoms with van der Waals surface area (Å²) in [5.41, 5.74) is 0.664. The first-order valence-corrected chi connectivity index (χ1v) is 5.92. The van der Waals surface area contributed by atoms with Gasteiger partial charge in [0, 0.05) is 24.2 Å². The molecule has 2 radical (unpaired) electrons. The van der Waals surface area contributed by atoms with Crippen LogP contribution in [0.25, 0.3) is 0 Å². The molecule has 0 aliphatic carbocycles. The van der Waals surface area contributed by atoms with Gasteiger partial charge in [-0.25, -0.2) is 0 Å². The summed E-state index contributed by atoms with van der Waals surface area (Å²) in [5, 5.41) is 0. The minimum atomic E-state index is 0.332. The summed E-state index contributed by atoms with van der Waals surface area (Å²) in [7, 11) is 0.860. The van der Waals surface area contributed by atoms with E-state index < -0.39 is 0 Å². The van der Waals surface area contributed by atoms with Gasteiger partial charge in [0.1, 0.15) is 0 Å². The molecule has 0 aromatic rings. The van der Waals surface area contributed by atoms with Gasteiger partial charge >= 0.3 is 0 Å². The zero-order valence-corrected chi connectivity index (χ0v) is 10.8. The lowest BCUT2D eigenvalue weighted by atomic mass is 10.1. The Morgan fingerprint density at radius 1 is 0.769 bits per heavy atom. The average molecular weight is 198 g/mol. The Morgan fingerprint density at radius 2 is 1.08 bits per heavy atom. The SMILES string of the molecule is CC(C)(C)N1CCN(C(C)(C)C)[Si]1. The first-order valence-electron chi connectivity index (χ1n) is 5.03. The zero-order valence-electron chi connectivity index (χ0n) is 9.81. The van der Waals surface area contributed by atoms with E-state index in [0.29, 0.717) is 11.1 Å². The van der Waals surface area contributed by atoms with Crippen LogP contribution in [0, 0.1) is 0 Å². The molecule has 1 heterocycles. The van der Waals surface area contributed by atoms with Gasteiger partial charge in [0.25, 0.3) is 9.84 Å². The van der Waals surface area contributed by atoms with Crippen LogP contribution in [0.5, 0.6) is 0 Å². The summed E-state index contributed by atoms with van der Waals surface area (Å²) in [4.78, 5) is 0. The highest BCUT2D eigenvalue weighted by Crippen LogP contribution is 2.22. The van der Waals surface area contributed by atoms with E-state index in [9.17, 15) is 0 Å². The zero-order chi connectivity index (χ0) is 10.3. The molecule has 0 N–H and O–H groups in total. The summed E-state index contributed by atoms with van der Waals surface area (Å²) in [6.45, 7) is 16.2. The molecule has 0 amide bonds. The van der Waals surface area contributed by atoms with E-state index in [1.165, 1.54) is 13.1 Å². The lowest BCUT2D eigenvalue weighted by molar-refractivity contribution is 0.271. The molecule has 0 spiro atoms. The molecule has 2 nitrogen and oxygen atoms in total. The Morgan fingerprint density at radius 3 is 1.23 bits per heavy atom. The lowest BCUT2D eigenvalue weighted by Crippen LogP contribution is -2.47. The fourth-order valence-corrected chi connectivity index (χ4v) is 2.71. The molecule has 13 heavy (non-hydrogen) atoms. The van der Waals surface area contributed by atoms with Crippen LogP contribution in [0.2, 0.25) is 0 Å². The molecule has 1 saturated heterocycles. The fourth-order valence-electron chi connectivity index (χ4n) is 1.42. The van der Waals surface area contributed by atoms with Crippen LogP contribution in [0.15, 0.2) is 0 Å². The number of rotatable bonds is 0. The molecule has 0 atom stereocenters. The van der Waals surface area contributed by atoms with Gasteiger partial charge in [0.15, 0.2) is 0 Å². The van der Waals surface area contributed by atoms with Crippen LogP contribution in [-0.2, 0) is 0 Å². The normalized spacial score (nSPS) is 22.6. The van der Waals surface area contributed by atoms with Crippen molar-refractivity contribution in [2.75, 3.05) is 13.1 Å². The second kappa shape index (κ2) is 3.37. The highest BCUT2D eigenvalue weighted by atomic mass is 28.2. The maximum absolute atomic E-state index is 2.57. The van der Waals surface area contributed by atoms with E-state index in [-0.39, 0.29) is 0 Å². The Hall–Kier alpha value is 0.137. The van der Waals surface area contributed by atoms with E-state index in [0.717, 1.165) is 9.84 Å². The van der Waals surface area contributed by atoms with Gasteiger partial charge < -0.3 is 9.13 Å². The van der Waals surface area contributed by atoms with Crippen molar-refractivity contribution in [1.82, 2.24) is 9.13 Å². The summed E-state index contributed by atoms with van der Waals surface area (Å²) in [5.74, 6) is 0. The molecular formula is C10H22N2Si. The second-order valence-corrected chi connectivity index (χ2v) is 7.02. The molecule has 1 aliphatic heterocycles. The number of hydrogen-bond acceptors (Lipinski definition) is 2. The van der Waals surface area contributed by atoms with Crippen molar-refractivity contribution in [3.63, 3.8) is 0 Å². The van der Waals surface area contributed by atoms with Crippen LogP contribution in [0.1, 0.15) is 41.5 Å². The minimum Gasteiger partial charge on any atom is -0.306 e. The molecular weight excluding hydrogens is 176 g/mol. The van der Waals surface area contributed by atoms with Crippen molar-refractivity contribution in [3.8, 4) is 0 Å². The van der Waals surface area contributed by atoms with Crippen molar-refractivity contribution >= 4 is 9.84 Å². The Kier molecular flexibility index (Phi) is 2.91. The van der Waals surface area contributed by atoms with E-state index >= 15 is 0 Å². The number of nitrogens with zero attached hydrogens (tertiary/aromatic N) is 2. The van der Waals surface area contributed by atoms with Gasteiger partial charge in [-0.3, -0.25) is 0 Å². The van der Waals surface area contributed by atoms with E-state index in [4.69, 9.17) is 0 Å². The van der Waals surface area contributed by atoms with E-state index in [2.05, 4.69) is 50.7 Å². The standard InChI is InChI=1S/C10H22N2Si/c1-9(2,3)11-7-8-12(13-11)10(4,5)6/h7-8H2,1-6H3. The van der Waals surface area contributed by atoms with Crippen molar-refractivity contribution < 1.29 is 0 Å². The van der Waals surface area contributed by atoms with Crippen LogP contribution < -0.4 is 0 Å². The minimum absolute atomic E-state index is 0.332. The first-order chi connectivity index (χ1) is 5.71. The maximum Gasteiger partial charge on any atom is 0.252 e. The quantitative estimate of drug-likeness (QED) is 0.547. The second-order valence-electron chi connectivity index (χ2n) is 5.74. The third kappa shape index (κ3) is 2.79. The molecule has 0 saturated carbocycles. The molecule has 0 bridgehead atoms. The van der Waals surface area contributed by atoms with Gasteiger partial charge in [-0.1, -0.05) is 0 Å². The van der Waals surface area contributed by atoms with Crippen molar-refractivity contribution in [2.24, 2.45) is 0 Å². The molecule has 0 aromatic heterocycles. The first kappa shape index (κ1) is 11.2. The van der Waals surface area contributed by atoms with E-state index in [1.54, 1.807) is 0 Å². The maximum atomic E-state index is 2.57. The van der Waals surface area contributed by atoms with Crippen LogP contribution in [0.3, 0.4) is 0 Å². The molecule has 3 heteroatoms. The third-order valence-corrected chi connectivity index (χ3v) is 4.68. The summed E-state index contributed by atoms with van der Waals surface area (Å²) < 4.78 is 5.14. The van der Waals surface area contributed by atoms with Crippen LogP contribution in [0.4, 0.5) is 0 Å². The Labute approximate surface area is 85.3 Å². The smallest absolute Gasteiger partial charge is 0.252 e. The van der Waals surface area contributed by atoms with Gasteiger partial charge in [-0.2, -0.15) is 0 Å². The monoisotopic (exact) mass is 198 g/mol. The summed E-state index contributed by atoms with van der Waals surface area (Å²) in [6.07, 6.45) is 0. The van der Waals surface area contributed by atoms with Gasteiger partial charge in [-0.15, -0.1) is 0 Å². The van der Waals surface area contributed by atoms with E-state index in [1.807, 2.05) is 0 Å². The molecule has 0 unspecified atom stereocenters. The van der Waals surface area contributed by atoms with Crippen molar-refractivity contribution in [1.29, 1.82) is 0 Å². The van der Waals surface area contributed by atoms with Gasteiger partial charge in [-0.05, 0) is 41.5 Å². The average Bonchev–Trinajstić information content (AvgIpc) is 2.28. The van der Waals surface area contributed by atoms with Crippen LogP contribution in [-0.4, -0.2) is 43.1 Å². The van der Waals surface area contributed by atoms with Crippen molar-refractivity contribution in [3.05, 3.63) is 0 Å². The van der Waals surface area contributed by atoms with Gasteiger partial charge in [0.2, 0.25) is 0 Å². The predicted octanol–water partition coefficient (Wildman–Crippen LogP) is 1.74. The fraction of sp³-hybridized carbons (Fsp3) is 1.00. The third-order valence-electron chi connectivity index (χ3n) is 2.41. The predicted molar refractivity (Wildman–Crippen MR) is 58.7 cm³/mol. The summed E-state index contributed by atoms with van der Waals surface area (Å²) >= 11 is 0. The highest BCUT2D eigenvalue weighted by Gasteiger charge is 2.34.